The molecule has 2 aromatic rings. The summed E-state index contributed by atoms with van der Waals surface area (Å²) in [7, 11) is -3.66. The third-order valence-corrected chi connectivity index (χ3v) is 5.81. The summed E-state index contributed by atoms with van der Waals surface area (Å²) in [5.41, 5.74) is 0.572. The Morgan fingerprint density at radius 2 is 1.83 bits per heavy atom. The highest BCUT2D eigenvalue weighted by molar-refractivity contribution is 7.91. The SMILES string of the molecule is Cc1ccc(S(=O)(=O)NCC(=O)Nc2ccc(OC(C)C)cc2)s1. The number of aryl methyl sites for hydroxylation is 1. The fourth-order valence-electron chi connectivity index (χ4n) is 1.88. The molecule has 0 aliphatic rings. The number of anilines is 1. The molecule has 0 aliphatic heterocycles. The summed E-state index contributed by atoms with van der Waals surface area (Å²) in [4.78, 5) is 12.8. The van der Waals surface area contributed by atoms with Crippen molar-refractivity contribution in [2.45, 2.75) is 31.1 Å². The lowest BCUT2D eigenvalue weighted by Crippen LogP contribution is -2.32. The van der Waals surface area contributed by atoms with Gasteiger partial charge >= 0.3 is 0 Å². The number of hydrogen-bond acceptors (Lipinski definition) is 5. The van der Waals surface area contributed by atoms with Crippen LogP contribution in [0.3, 0.4) is 0 Å². The smallest absolute Gasteiger partial charge is 0.250 e. The van der Waals surface area contributed by atoms with Crippen molar-refractivity contribution in [1.82, 2.24) is 4.72 Å². The molecule has 0 saturated heterocycles. The van der Waals surface area contributed by atoms with E-state index in [2.05, 4.69) is 10.0 Å². The second-order valence-electron chi connectivity index (χ2n) is 5.43. The molecule has 1 heterocycles. The zero-order chi connectivity index (χ0) is 17.7. The van der Waals surface area contributed by atoms with E-state index in [1.165, 1.54) is 6.07 Å². The minimum atomic E-state index is -3.66. The van der Waals surface area contributed by atoms with Gasteiger partial charge in [0.1, 0.15) is 9.96 Å². The molecule has 0 spiro atoms. The van der Waals surface area contributed by atoms with Gasteiger partial charge in [0.05, 0.1) is 12.6 Å². The van der Waals surface area contributed by atoms with E-state index in [4.69, 9.17) is 4.74 Å². The largest absolute Gasteiger partial charge is 0.491 e. The van der Waals surface area contributed by atoms with Crippen LogP contribution in [0.15, 0.2) is 40.6 Å². The minimum absolute atomic E-state index is 0.0701. The Morgan fingerprint density at radius 1 is 1.17 bits per heavy atom. The van der Waals surface area contributed by atoms with Crippen molar-refractivity contribution in [3.8, 4) is 5.75 Å². The van der Waals surface area contributed by atoms with Gasteiger partial charge in [-0.2, -0.15) is 0 Å². The molecule has 0 saturated carbocycles. The number of benzene rings is 1. The van der Waals surface area contributed by atoms with E-state index in [1.807, 2.05) is 20.8 Å². The normalized spacial score (nSPS) is 11.5. The highest BCUT2D eigenvalue weighted by Crippen LogP contribution is 2.20. The number of hydrogen-bond donors (Lipinski definition) is 2. The summed E-state index contributed by atoms with van der Waals surface area (Å²) in [5, 5.41) is 2.63. The first-order chi connectivity index (χ1) is 11.3. The monoisotopic (exact) mass is 368 g/mol. The molecule has 130 valence electrons. The number of carbonyl (C=O) groups is 1. The third-order valence-electron chi connectivity index (χ3n) is 2.91. The van der Waals surface area contributed by atoms with Crippen LogP contribution in [-0.2, 0) is 14.8 Å². The zero-order valence-electron chi connectivity index (χ0n) is 13.7. The molecule has 0 unspecified atom stereocenters. The van der Waals surface area contributed by atoms with Crippen molar-refractivity contribution in [3.63, 3.8) is 0 Å². The third kappa shape index (κ3) is 5.33. The minimum Gasteiger partial charge on any atom is -0.491 e. The molecule has 24 heavy (non-hydrogen) atoms. The molecule has 0 atom stereocenters. The van der Waals surface area contributed by atoms with Gasteiger partial charge in [-0.25, -0.2) is 13.1 Å². The van der Waals surface area contributed by atoms with Gasteiger partial charge in [-0.3, -0.25) is 4.79 Å². The van der Waals surface area contributed by atoms with E-state index in [0.29, 0.717) is 11.4 Å². The molecular weight excluding hydrogens is 348 g/mol. The van der Waals surface area contributed by atoms with E-state index >= 15 is 0 Å². The van der Waals surface area contributed by atoms with Crippen LogP contribution in [0.25, 0.3) is 0 Å². The summed E-state index contributed by atoms with van der Waals surface area (Å²) in [5.74, 6) is 0.265. The molecule has 0 radical (unpaired) electrons. The van der Waals surface area contributed by atoms with Crippen molar-refractivity contribution >= 4 is 33.0 Å². The highest BCUT2D eigenvalue weighted by Gasteiger charge is 2.17. The fraction of sp³-hybridized carbons (Fsp3) is 0.312. The Hall–Kier alpha value is -1.90. The highest BCUT2D eigenvalue weighted by atomic mass is 32.2. The van der Waals surface area contributed by atoms with Crippen LogP contribution < -0.4 is 14.8 Å². The molecule has 2 N–H and O–H groups in total. The number of thiophene rings is 1. The molecule has 0 bridgehead atoms. The molecule has 0 aliphatic carbocycles. The lowest BCUT2D eigenvalue weighted by Gasteiger charge is -2.11. The van der Waals surface area contributed by atoms with Crippen LogP contribution >= 0.6 is 11.3 Å². The Labute approximate surface area is 145 Å². The van der Waals surface area contributed by atoms with E-state index < -0.39 is 15.9 Å². The maximum absolute atomic E-state index is 12.1. The standard InChI is InChI=1S/C16H20N2O4S2/c1-11(2)22-14-7-5-13(6-8-14)18-15(19)10-17-24(20,21)16-9-4-12(3)23-16/h4-9,11,17H,10H2,1-3H3,(H,18,19). The first-order valence-electron chi connectivity index (χ1n) is 7.39. The van der Waals surface area contributed by atoms with Crippen LogP contribution in [-0.4, -0.2) is 27.0 Å². The number of carbonyl (C=O) groups excluding carboxylic acids is 1. The second-order valence-corrected chi connectivity index (χ2v) is 8.71. The van der Waals surface area contributed by atoms with E-state index in [9.17, 15) is 13.2 Å². The number of rotatable bonds is 7. The first kappa shape index (κ1) is 18.4. The van der Waals surface area contributed by atoms with Crippen molar-refractivity contribution in [2.24, 2.45) is 0 Å². The van der Waals surface area contributed by atoms with E-state index in [1.54, 1.807) is 30.3 Å². The predicted octanol–water partition coefficient (Wildman–Crippen LogP) is 2.76. The number of amides is 1. The van der Waals surface area contributed by atoms with Crippen LogP contribution in [0.2, 0.25) is 0 Å². The average molecular weight is 368 g/mol. The van der Waals surface area contributed by atoms with Crippen LogP contribution in [0.5, 0.6) is 5.75 Å². The lowest BCUT2D eigenvalue weighted by molar-refractivity contribution is -0.115. The van der Waals surface area contributed by atoms with Crippen molar-refractivity contribution in [1.29, 1.82) is 0 Å². The molecule has 1 aromatic heterocycles. The quantitative estimate of drug-likeness (QED) is 0.787. The summed E-state index contributed by atoms with van der Waals surface area (Å²) in [6.07, 6.45) is 0.0701. The second kappa shape index (κ2) is 7.78. The molecule has 8 heteroatoms. The molecule has 6 nitrogen and oxygen atoms in total. The Bertz CT molecular complexity index is 796. The molecule has 1 aromatic carbocycles. The van der Waals surface area contributed by atoms with Crippen molar-refractivity contribution in [2.75, 3.05) is 11.9 Å². The van der Waals surface area contributed by atoms with Crippen LogP contribution in [0.1, 0.15) is 18.7 Å². The van der Waals surface area contributed by atoms with E-state index in [0.717, 1.165) is 16.2 Å². The lowest BCUT2D eigenvalue weighted by atomic mass is 10.3. The Kier molecular flexibility index (Phi) is 5.98. The first-order valence-corrected chi connectivity index (χ1v) is 9.69. The van der Waals surface area contributed by atoms with Gasteiger partial charge in [0.15, 0.2) is 0 Å². The Morgan fingerprint density at radius 3 is 2.38 bits per heavy atom. The maximum Gasteiger partial charge on any atom is 0.250 e. The van der Waals surface area contributed by atoms with Crippen molar-refractivity contribution < 1.29 is 17.9 Å². The van der Waals surface area contributed by atoms with Gasteiger partial charge in [-0.05, 0) is 57.2 Å². The van der Waals surface area contributed by atoms with Crippen LogP contribution in [0, 0.1) is 6.92 Å². The van der Waals surface area contributed by atoms with Gasteiger partial charge in [-0.15, -0.1) is 11.3 Å². The molecule has 1 amide bonds. The summed E-state index contributed by atoms with van der Waals surface area (Å²) in [6, 6.07) is 10.1. The maximum atomic E-state index is 12.1. The number of ether oxygens (including phenoxy) is 1. The Balaban J connectivity index is 1.89. The van der Waals surface area contributed by atoms with Gasteiger partial charge in [0.2, 0.25) is 5.91 Å². The predicted molar refractivity (Wildman–Crippen MR) is 95.1 cm³/mol. The van der Waals surface area contributed by atoms with Gasteiger partial charge in [0, 0.05) is 10.6 Å². The number of nitrogens with one attached hydrogen (secondary N) is 2. The summed E-state index contributed by atoms with van der Waals surface area (Å²) in [6.45, 7) is 5.35. The molecule has 0 fully saturated rings. The fourth-order valence-corrected chi connectivity index (χ4v) is 4.19. The van der Waals surface area contributed by atoms with Gasteiger partial charge in [0.25, 0.3) is 10.0 Å². The molecular formula is C16H20N2O4S2. The van der Waals surface area contributed by atoms with Gasteiger partial charge in [-0.1, -0.05) is 0 Å². The zero-order valence-corrected chi connectivity index (χ0v) is 15.3. The summed E-state index contributed by atoms with van der Waals surface area (Å²) >= 11 is 1.16. The van der Waals surface area contributed by atoms with Crippen LogP contribution in [0.4, 0.5) is 5.69 Å². The number of sulfonamides is 1. The van der Waals surface area contributed by atoms with E-state index in [-0.39, 0.29) is 16.9 Å². The summed E-state index contributed by atoms with van der Waals surface area (Å²) < 4.78 is 32.1. The average Bonchev–Trinajstić information content (AvgIpc) is 2.94. The topological polar surface area (TPSA) is 84.5 Å². The molecule has 2 rings (SSSR count). The van der Waals surface area contributed by atoms with Crippen molar-refractivity contribution in [3.05, 3.63) is 41.3 Å². The van der Waals surface area contributed by atoms with Gasteiger partial charge < -0.3 is 10.1 Å².